The van der Waals surface area contributed by atoms with Gasteiger partial charge in [-0.05, 0) is 55.7 Å². The van der Waals surface area contributed by atoms with E-state index in [9.17, 15) is 0 Å². The molecule has 2 aromatic carbocycles. The quantitative estimate of drug-likeness (QED) is 0.427. The minimum atomic E-state index is 0.388. The molecule has 0 saturated heterocycles. The molecule has 0 heterocycles. The van der Waals surface area contributed by atoms with Crippen LogP contribution in [0.3, 0.4) is 0 Å². The standard InChI is InChI=1S/C21H29N3O2/c1-15-6-8-18(20(12-15)26-11-5-10-25-4)14-23-21(22)24-19-9-7-16(2)17(3)13-19/h6-9,12-13H,5,10-11,14H2,1-4H3,(H3,22,23,24). The molecule has 5 nitrogen and oxygen atoms in total. The summed E-state index contributed by atoms with van der Waals surface area (Å²) in [5.74, 6) is 1.24. The monoisotopic (exact) mass is 355 g/mol. The minimum Gasteiger partial charge on any atom is -0.493 e. The molecule has 0 aliphatic carbocycles. The van der Waals surface area contributed by atoms with Gasteiger partial charge in [-0.15, -0.1) is 0 Å². The van der Waals surface area contributed by atoms with E-state index in [0.29, 0.717) is 25.7 Å². The van der Waals surface area contributed by atoms with E-state index in [4.69, 9.17) is 15.2 Å². The third-order valence-electron chi connectivity index (χ3n) is 4.17. The molecule has 0 bridgehead atoms. The number of ether oxygens (including phenoxy) is 2. The Morgan fingerprint density at radius 3 is 2.58 bits per heavy atom. The van der Waals surface area contributed by atoms with Crippen LogP contribution < -0.4 is 15.8 Å². The SMILES string of the molecule is COCCCOc1cc(C)ccc1CN=C(N)Nc1ccc(C)c(C)c1. The summed E-state index contributed by atoms with van der Waals surface area (Å²) in [6, 6.07) is 12.3. The predicted octanol–water partition coefficient (Wildman–Crippen LogP) is 3.95. The largest absolute Gasteiger partial charge is 0.493 e. The molecule has 0 unspecified atom stereocenters. The minimum absolute atomic E-state index is 0.388. The molecular weight excluding hydrogens is 326 g/mol. The number of rotatable bonds is 8. The molecule has 140 valence electrons. The van der Waals surface area contributed by atoms with Gasteiger partial charge in [0, 0.05) is 31.4 Å². The van der Waals surface area contributed by atoms with Gasteiger partial charge in [0.2, 0.25) is 0 Å². The average molecular weight is 355 g/mol. The second-order valence-corrected chi connectivity index (χ2v) is 6.43. The van der Waals surface area contributed by atoms with Crippen LogP contribution in [0.4, 0.5) is 5.69 Å². The number of aryl methyl sites for hydroxylation is 3. The highest BCUT2D eigenvalue weighted by Crippen LogP contribution is 2.21. The van der Waals surface area contributed by atoms with Crippen molar-refractivity contribution >= 4 is 11.6 Å². The number of nitrogens with two attached hydrogens (primary N) is 1. The Balaban J connectivity index is 2.02. The molecule has 0 amide bonds. The maximum atomic E-state index is 6.04. The summed E-state index contributed by atoms with van der Waals surface area (Å²) < 4.78 is 10.9. The highest BCUT2D eigenvalue weighted by atomic mass is 16.5. The van der Waals surface area contributed by atoms with Gasteiger partial charge < -0.3 is 20.5 Å². The van der Waals surface area contributed by atoms with Crippen LogP contribution >= 0.6 is 0 Å². The Kier molecular flexibility index (Phi) is 7.48. The molecule has 0 aromatic heterocycles. The highest BCUT2D eigenvalue weighted by molar-refractivity contribution is 5.92. The predicted molar refractivity (Wildman–Crippen MR) is 108 cm³/mol. The molecule has 0 saturated carbocycles. The third-order valence-corrected chi connectivity index (χ3v) is 4.17. The number of methoxy groups -OCH3 is 1. The number of hydrogen-bond acceptors (Lipinski definition) is 3. The van der Waals surface area contributed by atoms with Crippen LogP contribution in [0.2, 0.25) is 0 Å². The second kappa shape index (κ2) is 9.82. The molecule has 0 aliphatic rings. The number of anilines is 1. The smallest absolute Gasteiger partial charge is 0.193 e. The van der Waals surface area contributed by atoms with E-state index in [0.717, 1.165) is 29.0 Å². The van der Waals surface area contributed by atoms with Gasteiger partial charge in [0.15, 0.2) is 5.96 Å². The van der Waals surface area contributed by atoms with Gasteiger partial charge in [-0.25, -0.2) is 4.99 Å². The summed E-state index contributed by atoms with van der Waals surface area (Å²) in [4.78, 5) is 4.46. The van der Waals surface area contributed by atoms with Gasteiger partial charge in [-0.2, -0.15) is 0 Å². The number of aliphatic imine (C=N–C) groups is 1. The van der Waals surface area contributed by atoms with Crippen molar-refractivity contribution < 1.29 is 9.47 Å². The number of benzene rings is 2. The van der Waals surface area contributed by atoms with Crippen LogP contribution in [0.15, 0.2) is 41.4 Å². The Hall–Kier alpha value is -2.53. The fourth-order valence-corrected chi connectivity index (χ4v) is 2.49. The molecule has 0 fully saturated rings. The Labute approximate surface area is 156 Å². The first-order valence-electron chi connectivity index (χ1n) is 8.85. The first-order valence-corrected chi connectivity index (χ1v) is 8.85. The maximum absolute atomic E-state index is 6.04. The van der Waals surface area contributed by atoms with E-state index in [1.165, 1.54) is 11.1 Å². The van der Waals surface area contributed by atoms with Crippen molar-refractivity contribution in [3.05, 3.63) is 58.7 Å². The molecule has 2 rings (SSSR count). The third kappa shape index (κ3) is 6.08. The van der Waals surface area contributed by atoms with Crippen molar-refractivity contribution in [3.63, 3.8) is 0 Å². The zero-order valence-corrected chi connectivity index (χ0v) is 16.1. The number of nitrogens with one attached hydrogen (secondary N) is 1. The Morgan fingerprint density at radius 2 is 1.85 bits per heavy atom. The van der Waals surface area contributed by atoms with E-state index in [-0.39, 0.29) is 0 Å². The van der Waals surface area contributed by atoms with Gasteiger partial charge in [0.1, 0.15) is 5.75 Å². The lowest BCUT2D eigenvalue weighted by Gasteiger charge is -2.12. The summed E-state index contributed by atoms with van der Waals surface area (Å²) in [7, 11) is 1.69. The molecule has 2 aromatic rings. The molecule has 3 N–H and O–H groups in total. The summed E-state index contributed by atoms with van der Waals surface area (Å²) in [5.41, 5.74) is 11.6. The molecule has 0 atom stereocenters. The van der Waals surface area contributed by atoms with Gasteiger partial charge in [-0.3, -0.25) is 0 Å². The summed E-state index contributed by atoms with van der Waals surface area (Å²) in [6.07, 6.45) is 0.851. The fraction of sp³-hybridized carbons (Fsp3) is 0.381. The molecule has 0 spiro atoms. The van der Waals surface area contributed by atoms with Crippen LogP contribution in [0.1, 0.15) is 28.7 Å². The highest BCUT2D eigenvalue weighted by Gasteiger charge is 2.05. The van der Waals surface area contributed by atoms with Crippen molar-refractivity contribution in [2.75, 3.05) is 25.6 Å². The van der Waals surface area contributed by atoms with Gasteiger partial charge in [0.05, 0.1) is 13.2 Å². The van der Waals surface area contributed by atoms with Crippen LogP contribution in [-0.2, 0) is 11.3 Å². The summed E-state index contributed by atoms with van der Waals surface area (Å²) in [5, 5.41) is 3.14. The molecular formula is C21H29N3O2. The Bertz CT molecular complexity index is 757. The number of guanidine groups is 1. The maximum Gasteiger partial charge on any atom is 0.193 e. The molecule has 0 aliphatic heterocycles. The lowest BCUT2D eigenvalue weighted by Crippen LogP contribution is -2.22. The molecule has 26 heavy (non-hydrogen) atoms. The van der Waals surface area contributed by atoms with Crippen molar-refractivity contribution in [2.45, 2.75) is 33.7 Å². The van der Waals surface area contributed by atoms with Gasteiger partial charge in [0.25, 0.3) is 0 Å². The normalized spacial score (nSPS) is 11.5. The summed E-state index contributed by atoms with van der Waals surface area (Å²) >= 11 is 0. The van der Waals surface area contributed by atoms with Crippen molar-refractivity contribution in [3.8, 4) is 5.75 Å². The van der Waals surface area contributed by atoms with Crippen LogP contribution in [0.25, 0.3) is 0 Å². The summed E-state index contributed by atoms with van der Waals surface area (Å²) in [6.45, 7) is 7.97. The van der Waals surface area contributed by atoms with E-state index in [1.54, 1.807) is 7.11 Å². The van der Waals surface area contributed by atoms with Crippen LogP contribution in [-0.4, -0.2) is 26.3 Å². The van der Waals surface area contributed by atoms with Crippen LogP contribution in [0, 0.1) is 20.8 Å². The first kappa shape index (κ1) is 19.8. The van der Waals surface area contributed by atoms with E-state index in [1.807, 2.05) is 25.1 Å². The number of nitrogens with zero attached hydrogens (tertiary/aromatic N) is 1. The zero-order valence-electron chi connectivity index (χ0n) is 16.1. The number of hydrogen-bond donors (Lipinski definition) is 2. The molecule has 5 heteroatoms. The van der Waals surface area contributed by atoms with Crippen molar-refractivity contribution in [1.29, 1.82) is 0 Å². The van der Waals surface area contributed by atoms with Gasteiger partial charge in [-0.1, -0.05) is 18.2 Å². The Morgan fingerprint density at radius 1 is 1.04 bits per heavy atom. The average Bonchev–Trinajstić information content (AvgIpc) is 2.61. The first-order chi connectivity index (χ1) is 12.5. The van der Waals surface area contributed by atoms with Crippen LogP contribution in [0.5, 0.6) is 5.75 Å². The van der Waals surface area contributed by atoms with E-state index >= 15 is 0 Å². The van der Waals surface area contributed by atoms with E-state index in [2.05, 4.69) is 42.4 Å². The molecule has 0 radical (unpaired) electrons. The lowest BCUT2D eigenvalue weighted by molar-refractivity contribution is 0.172. The zero-order chi connectivity index (χ0) is 18.9. The van der Waals surface area contributed by atoms with Crippen molar-refractivity contribution in [2.24, 2.45) is 10.7 Å². The van der Waals surface area contributed by atoms with E-state index < -0.39 is 0 Å². The van der Waals surface area contributed by atoms with Crippen molar-refractivity contribution in [1.82, 2.24) is 0 Å². The lowest BCUT2D eigenvalue weighted by atomic mass is 10.1. The second-order valence-electron chi connectivity index (χ2n) is 6.43. The van der Waals surface area contributed by atoms with Gasteiger partial charge >= 0.3 is 0 Å². The topological polar surface area (TPSA) is 68.9 Å². The fourth-order valence-electron chi connectivity index (χ4n) is 2.49.